The van der Waals surface area contributed by atoms with Crippen LogP contribution in [-0.4, -0.2) is 26.6 Å². The highest BCUT2D eigenvalue weighted by atomic mass is 32.2. The fourth-order valence-electron chi connectivity index (χ4n) is 2.50. The van der Waals surface area contributed by atoms with Crippen LogP contribution in [0, 0.1) is 0 Å². The van der Waals surface area contributed by atoms with Gasteiger partial charge in [-0.05, 0) is 35.9 Å². The Labute approximate surface area is 137 Å². The normalized spacial score (nSPS) is 17.8. The molecule has 0 saturated heterocycles. The summed E-state index contributed by atoms with van der Waals surface area (Å²) in [7, 11) is -3.58. The molecule has 3 rings (SSSR count). The SMILES string of the molecule is O=C1C(=Cc2ccc(OC(F)F)cc2)CS(=O)(=O)c2ccccc21. The van der Waals surface area contributed by atoms with Crippen molar-refractivity contribution >= 4 is 21.7 Å². The van der Waals surface area contributed by atoms with Crippen molar-refractivity contribution in [2.24, 2.45) is 0 Å². The number of Topliss-reactive ketones (excluding diaryl/α,β-unsaturated/α-hetero) is 1. The summed E-state index contributed by atoms with van der Waals surface area (Å²) in [6.07, 6.45) is 1.45. The van der Waals surface area contributed by atoms with E-state index in [-0.39, 0.29) is 27.6 Å². The van der Waals surface area contributed by atoms with Crippen molar-refractivity contribution < 1.29 is 26.7 Å². The van der Waals surface area contributed by atoms with Crippen LogP contribution in [-0.2, 0) is 9.84 Å². The lowest BCUT2D eigenvalue weighted by Gasteiger charge is -2.17. The quantitative estimate of drug-likeness (QED) is 0.797. The molecule has 0 fully saturated rings. The van der Waals surface area contributed by atoms with Crippen LogP contribution in [0.2, 0.25) is 0 Å². The number of ether oxygens (including phenoxy) is 1. The molecule has 1 heterocycles. The molecule has 0 saturated carbocycles. The van der Waals surface area contributed by atoms with Crippen LogP contribution in [0.3, 0.4) is 0 Å². The number of sulfone groups is 1. The van der Waals surface area contributed by atoms with Gasteiger partial charge in [0.2, 0.25) is 0 Å². The van der Waals surface area contributed by atoms with E-state index >= 15 is 0 Å². The van der Waals surface area contributed by atoms with Gasteiger partial charge in [-0.2, -0.15) is 8.78 Å². The molecule has 0 aliphatic carbocycles. The summed E-state index contributed by atoms with van der Waals surface area (Å²) < 4.78 is 53.1. The van der Waals surface area contributed by atoms with Crippen LogP contribution < -0.4 is 4.74 Å². The number of hydrogen-bond donors (Lipinski definition) is 0. The number of hydrogen-bond acceptors (Lipinski definition) is 4. The van der Waals surface area contributed by atoms with Gasteiger partial charge in [0.25, 0.3) is 0 Å². The summed E-state index contributed by atoms with van der Waals surface area (Å²) in [5.74, 6) is -0.758. The van der Waals surface area contributed by atoms with E-state index in [0.717, 1.165) is 0 Å². The first-order valence-electron chi connectivity index (χ1n) is 6.99. The first-order valence-corrected chi connectivity index (χ1v) is 8.64. The number of rotatable bonds is 3. The van der Waals surface area contributed by atoms with Gasteiger partial charge in [0.1, 0.15) is 5.75 Å². The average molecular weight is 350 g/mol. The third-order valence-electron chi connectivity index (χ3n) is 3.55. The van der Waals surface area contributed by atoms with E-state index < -0.39 is 22.2 Å². The lowest BCUT2D eigenvalue weighted by molar-refractivity contribution is -0.0498. The Hall–Kier alpha value is -2.54. The number of alkyl halides is 2. The molecule has 0 aromatic heterocycles. The molecule has 0 atom stereocenters. The Kier molecular flexibility index (Phi) is 4.19. The van der Waals surface area contributed by atoms with E-state index in [1.54, 1.807) is 12.1 Å². The predicted octanol–water partition coefficient (Wildman–Crippen LogP) is 3.34. The third kappa shape index (κ3) is 3.21. The fraction of sp³-hybridized carbons (Fsp3) is 0.118. The van der Waals surface area contributed by atoms with Crippen molar-refractivity contribution in [1.82, 2.24) is 0 Å². The van der Waals surface area contributed by atoms with Gasteiger partial charge < -0.3 is 4.74 Å². The molecule has 2 aromatic rings. The van der Waals surface area contributed by atoms with Crippen molar-refractivity contribution in [1.29, 1.82) is 0 Å². The lowest BCUT2D eigenvalue weighted by Crippen LogP contribution is -2.24. The van der Waals surface area contributed by atoms with E-state index in [0.29, 0.717) is 5.56 Å². The molecule has 124 valence electrons. The van der Waals surface area contributed by atoms with Crippen molar-refractivity contribution in [3.63, 3.8) is 0 Å². The largest absolute Gasteiger partial charge is 0.435 e. The molecule has 24 heavy (non-hydrogen) atoms. The molecule has 0 N–H and O–H groups in total. The second kappa shape index (κ2) is 6.16. The molecule has 1 aliphatic rings. The van der Waals surface area contributed by atoms with Crippen molar-refractivity contribution in [2.45, 2.75) is 11.5 Å². The van der Waals surface area contributed by atoms with Crippen LogP contribution >= 0.6 is 0 Å². The van der Waals surface area contributed by atoms with Gasteiger partial charge in [-0.25, -0.2) is 8.42 Å². The maximum atomic E-state index is 12.5. The molecule has 0 amide bonds. The number of fused-ring (bicyclic) bond motifs is 1. The van der Waals surface area contributed by atoms with Gasteiger partial charge in [0, 0.05) is 11.1 Å². The smallest absolute Gasteiger partial charge is 0.387 e. The standard InChI is InChI=1S/C17H12F2O4S/c18-17(19)23-13-7-5-11(6-8-13)9-12-10-24(21,22)15-4-2-1-3-14(15)16(12)20/h1-9,17H,10H2. The Bertz CT molecular complexity index is 916. The van der Waals surface area contributed by atoms with Crippen molar-refractivity contribution in [3.05, 3.63) is 65.2 Å². The third-order valence-corrected chi connectivity index (χ3v) is 5.27. The highest BCUT2D eigenvalue weighted by Gasteiger charge is 2.32. The molecule has 7 heteroatoms. The topological polar surface area (TPSA) is 60.4 Å². The van der Waals surface area contributed by atoms with Crippen molar-refractivity contribution in [3.8, 4) is 5.75 Å². The zero-order valence-electron chi connectivity index (χ0n) is 12.3. The summed E-state index contributed by atoms with van der Waals surface area (Å²) >= 11 is 0. The molecular formula is C17H12F2O4S. The van der Waals surface area contributed by atoms with Gasteiger partial charge in [-0.1, -0.05) is 24.3 Å². The van der Waals surface area contributed by atoms with Crippen molar-refractivity contribution in [2.75, 3.05) is 5.75 Å². The second-order valence-corrected chi connectivity index (χ2v) is 7.16. The first-order chi connectivity index (χ1) is 11.4. The summed E-state index contributed by atoms with van der Waals surface area (Å²) in [5.41, 5.74) is 0.804. The van der Waals surface area contributed by atoms with E-state index in [1.165, 1.54) is 42.5 Å². The Morgan fingerprint density at radius 1 is 1.04 bits per heavy atom. The molecule has 2 aromatic carbocycles. The molecule has 0 unspecified atom stereocenters. The van der Waals surface area contributed by atoms with E-state index in [1.807, 2.05) is 0 Å². The molecule has 4 nitrogen and oxygen atoms in total. The number of benzene rings is 2. The van der Waals surface area contributed by atoms with Gasteiger partial charge >= 0.3 is 6.61 Å². The summed E-state index contributed by atoms with van der Waals surface area (Å²) in [6.45, 7) is -2.92. The zero-order chi connectivity index (χ0) is 17.3. The number of ketones is 1. The van der Waals surface area contributed by atoms with E-state index in [9.17, 15) is 22.0 Å². The Balaban J connectivity index is 1.95. The fourth-order valence-corrected chi connectivity index (χ4v) is 4.06. The molecule has 0 bridgehead atoms. The van der Waals surface area contributed by atoms with Gasteiger partial charge in [0.15, 0.2) is 15.6 Å². The van der Waals surface area contributed by atoms with Crippen LogP contribution in [0.4, 0.5) is 8.78 Å². The number of carbonyl (C=O) groups is 1. The zero-order valence-corrected chi connectivity index (χ0v) is 13.1. The maximum absolute atomic E-state index is 12.5. The van der Waals surface area contributed by atoms with E-state index in [4.69, 9.17) is 0 Å². The summed E-state index contributed by atoms with van der Waals surface area (Å²) in [6, 6.07) is 11.7. The van der Waals surface area contributed by atoms with Crippen LogP contribution in [0.5, 0.6) is 5.75 Å². The number of halogens is 2. The highest BCUT2D eigenvalue weighted by Crippen LogP contribution is 2.29. The molecular weight excluding hydrogens is 338 g/mol. The second-order valence-electron chi connectivity index (χ2n) is 5.20. The van der Waals surface area contributed by atoms with E-state index in [2.05, 4.69) is 4.74 Å². The van der Waals surface area contributed by atoms with Crippen LogP contribution in [0.1, 0.15) is 15.9 Å². The molecule has 0 radical (unpaired) electrons. The predicted molar refractivity (Wildman–Crippen MR) is 83.9 cm³/mol. The highest BCUT2D eigenvalue weighted by molar-refractivity contribution is 7.91. The minimum atomic E-state index is -3.58. The Morgan fingerprint density at radius 2 is 1.71 bits per heavy atom. The van der Waals surface area contributed by atoms with Gasteiger partial charge in [-0.3, -0.25) is 4.79 Å². The molecule has 1 aliphatic heterocycles. The molecule has 0 spiro atoms. The minimum absolute atomic E-state index is 0.0138. The Morgan fingerprint density at radius 3 is 2.38 bits per heavy atom. The van der Waals surface area contributed by atoms with Gasteiger partial charge in [0.05, 0.1) is 10.6 Å². The number of carbonyl (C=O) groups excluding carboxylic acids is 1. The first kappa shape index (κ1) is 16.3. The maximum Gasteiger partial charge on any atom is 0.387 e. The lowest BCUT2D eigenvalue weighted by atomic mass is 10.0. The van der Waals surface area contributed by atoms with Crippen LogP contribution in [0.15, 0.2) is 59.0 Å². The van der Waals surface area contributed by atoms with Gasteiger partial charge in [-0.15, -0.1) is 0 Å². The summed E-state index contributed by atoms with van der Waals surface area (Å²) in [4.78, 5) is 12.5. The minimum Gasteiger partial charge on any atom is -0.435 e. The summed E-state index contributed by atoms with van der Waals surface area (Å²) in [5, 5.41) is 0. The average Bonchev–Trinajstić information content (AvgIpc) is 2.54. The monoisotopic (exact) mass is 350 g/mol. The van der Waals surface area contributed by atoms with Crippen LogP contribution in [0.25, 0.3) is 6.08 Å².